The molecule has 0 unspecified atom stereocenters. The number of carbonyl (C=O) groups is 1. The van der Waals surface area contributed by atoms with Crippen molar-refractivity contribution in [1.82, 2.24) is 14.9 Å². The van der Waals surface area contributed by atoms with Crippen LogP contribution in [0.2, 0.25) is 0 Å². The summed E-state index contributed by atoms with van der Waals surface area (Å²) in [5, 5.41) is 2.99. The molecule has 3 aromatic rings. The van der Waals surface area contributed by atoms with Crippen LogP contribution in [0.25, 0.3) is 11.0 Å². The lowest BCUT2D eigenvalue weighted by Crippen LogP contribution is -2.28. The molecule has 0 spiro atoms. The number of fused-ring (bicyclic) bond motifs is 1. The van der Waals surface area contributed by atoms with E-state index in [4.69, 9.17) is 9.72 Å². The highest BCUT2D eigenvalue weighted by atomic mass is 16.5. The van der Waals surface area contributed by atoms with Gasteiger partial charge in [-0.1, -0.05) is 32.0 Å². The van der Waals surface area contributed by atoms with Crippen LogP contribution in [0.5, 0.6) is 5.75 Å². The number of amides is 1. The van der Waals surface area contributed by atoms with Crippen LogP contribution in [0.15, 0.2) is 42.5 Å². The molecule has 1 aromatic heterocycles. The topological polar surface area (TPSA) is 56.1 Å². The maximum atomic E-state index is 11.7. The average molecular weight is 408 g/mol. The number of para-hydroxylation sites is 2. The number of hydrogen-bond donors (Lipinski definition) is 1. The van der Waals surface area contributed by atoms with Gasteiger partial charge in [0.1, 0.15) is 11.6 Å². The number of nitrogens with zero attached hydrogens (tertiary/aromatic N) is 2. The fourth-order valence-electron chi connectivity index (χ4n) is 3.44. The second-order valence-corrected chi connectivity index (χ2v) is 8.17. The second kappa shape index (κ2) is 10.3. The average Bonchev–Trinajstić information content (AvgIpc) is 3.08. The van der Waals surface area contributed by atoms with E-state index in [1.165, 1.54) is 11.1 Å². The lowest BCUT2D eigenvalue weighted by Gasteiger charge is -2.12. The molecule has 0 saturated carbocycles. The van der Waals surface area contributed by atoms with E-state index in [1.54, 1.807) is 0 Å². The Hall–Kier alpha value is -2.82. The van der Waals surface area contributed by atoms with E-state index in [9.17, 15) is 4.79 Å². The van der Waals surface area contributed by atoms with Crippen LogP contribution in [-0.2, 0) is 17.8 Å². The van der Waals surface area contributed by atoms with Gasteiger partial charge in [-0.2, -0.15) is 0 Å². The summed E-state index contributed by atoms with van der Waals surface area (Å²) in [6.07, 6.45) is 2.62. The Kier molecular flexibility index (Phi) is 7.50. The second-order valence-electron chi connectivity index (χ2n) is 8.17. The van der Waals surface area contributed by atoms with Gasteiger partial charge in [-0.15, -0.1) is 0 Å². The summed E-state index contributed by atoms with van der Waals surface area (Å²) in [7, 11) is 0. The molecule has 1 amide bonds. The summed E-state index contributed by atoms with van der Waals surface area (Å²) in [6.45, 7) is 10.2. The van der Waals surface area contributed by atoms with Crippen molar-refractivity contribution in [3.63, 3.8) is 0 Å². The van der Waals surface area contributed by atoms with Crippen molar-refractivity contribution in [3.8, 4) is 5.75 Å². The third-order valence-corrected chi connectivity index (χ3v) is 5.41. The van der Waals surface area contributed by atoms with Gasteiger partial charge in [-0.25, -0.2) is 4.98 Å². The Bertz CT molecular complexity index is 991. The Morgan fingerprint density at radius 3 is 2.67 bits per heavy atom. The zero-order valence-electron chi connectivity index (χ0n) is 18.6. The number of imidazole rings is 1. The van der Waals surface area contributed by atoms with E-state index < -0.39 is 0 Å². The first-order valence-corrected chi connectivity index (χ1v) is 10.9. The van der Waals surface area contributed by atoms with Crippen LogP contribution in [0.1, 0.15) is 43.6 Å². The number of nitrogens with one attached hydrogen (secondary N) is 1. The van der Waals surface area contributed by atoms with Gasteiger partial charge in [-0.3, -0.25) is 4.79 Å². The fourth-order valence-corrected chi connectivity index (χ4v) is 3.44. The van der Waals surface area contributed by atoms with Crippen molar-refractivity contribution < 1.29 is 9.53 Å². The third-order valence-electron chi connectivity index (χ3n) is 5.41. The minimum atomic E-state index is 0.0203. The van der Waals surface area contributed by atoms with Crippen LogP contribution in [0.4, 0.5) is 0 Å². The van der Waals surface area contributed by atoms with Gasteiger partial charge >= 0.3 is 0 Å². The molecule has 0 aliphatic rings. The van der Waals surface area contributed by atoms with Crippen LogP contribution in [0, 0.1) is 19.8 Å². The molecule has 5 heteroatoms. The van der Waals surface area contributed by atoms with E-state index in [0.717, 1.165) is 48.4 Å². The zero-order valence-corrected chi connectivity index (χ0v) is 18.6. The summed E-state index contributed by atoms with van der Waals surface area (Å²) in [5.41, 5.74) is 4.71. The van der Waals surface area contributed by atoms with Gasteiger partial charge in [0.2, 0.25) is 5.91 Å². The molecule has 0 aliphatic heterocycles. The molecule has 0 fully saturated rings. The molecule has 5 nitrogen and oxygen atoms in total. The molecule has 2 aromatic carbocycles. The Labute approximate surface area is 179 Å². The highest BCUT2D eigenvalue weighted by Crippen LogP contribution is 2.19. The fraction of sp³-hybridized carbons (Fsp3) is 0.440. The van der Waals surface area contributed by atoms with Crippen molar-refractivity contribution in [2.75, 3.05) is 13.2 Å². The van der Waals surface area contributed by atoms with Gasteiger partial charge < -0.3 is 14.6 Å². The monoisotopic (exact) mass is 407 g/mol. The predicted molar refractivity (Wildman–Crippen MR) is 122 cm³/mol. The first-order valence-electron chi connectivity index (χ1n) is 10.9. The van der Waals surface area contributed by atoms with Gasteiger partial charge in [0.25, 0.3) is 0 Å². The largest absolute Gasteiger partial charge is 0.494 e. The number of ether oxygens (including phenoxy) is 1. The molecular formula is C25H33N3O2. The minimum absolute atomic E-state index is 0.0203. The Morgan fingerprint density at radius 2 is 1.90 bits per heavy atom. The normalized spacial score (nSPS) is 11.2. The number of benzene rings is 2. The van der Waals surface area contributed by atoms with Gasteiger partial charge in [-0.05, 0) is 62.1 Å². The maximum Gasteiger partial charge on any atom is 0.222 e. The summed E-state index contributed by atoms with van der Waals surface area (Å²) in [4.78, 5) is 16.6. The predicted octanol–water partition coefficient (Wildman–Crippen LogP) is 4.83. The quantitative estimate of drug-likeness (QED) is 0.490. The SMILES string of the molecule is Cc1ccc(OCCCn2c(CCCNC(=O)C(C)C)nc3ccccc32)cc1C. The molecule has 0 atom stereocenters. The van der Waals surface area contributed by atoms with E-state index >= 15 is 0 Å². The van der Waals surface area contributed by atoms with Crippen LogP contribution in [0.3, 0.4) is 0 Å². The van der Waals surface area contributed by atoms with Gasteiger partial charge in [0.15, 0.2) is 0 Å². The summed E-state index contributed by atoms with van der Waals surface area (Å²) in [6, 6.07) is 14.5. The standard InChI is InChI=1S/C25H33N3O2/c1-18(2)25(29)26-14-7-11-24-27-22-9-5-6-10-23(22)28(24)15-8-16-30-21-13-12-19(3)20(4)17-21/h5-6,9-10,12-13,17-18H,7-8,11,14-16H2,1-4H3,(H,26,29). The first kappa shape index (κ1) is 21.9. The molecule has 3 rings (SSSR count). The van der Waals surface area contributed by atoms with E-state index in [0.29, 0.717) is 13.2 Å². The van der Waals surface area contributed by atoms with Crippen LogP contribution < -0.4 is 10.1 Å². The number of rotatable bonds is 10. The van der Waals surface area contributed by atoms with Gasteiger partial charge in [0, 0.05) is 25.4 Å². The first-order chi connectivity index (χ1) is 14.5. The Balaban J connectivity index is 1.58. The lowest BCUT2D eigenvalue weighted by molar-refractivity contribution is -0.123. The van der Waals surface area contributed by atoms with Crippen molar-refractivity contribution in [3.05, 3.63) is 59.4 Å². The molecule has 0 aliphatic carbocycles. The number of aromatic nitrogens is 2. The summed E-state index contributed by atoms with van der Waals surface area (Å²) in [5.74, 6) is 2.12. The molecule has 0 saturated heterocycles. The molecule has 1 N–H and O–H groups in total. The molecular weight excluding hydrogens is 374 g/mol. The number of aryl methyl sites for hydroxylation is 4. The van der Waals surface area contributed by atoms with Crippen molar-refractivity contribution >= 4 is 16.9 Å². The molecule has 0 radical (unpaired) electrons. The third kappa shape index (κ3) is 5.62. The van der Waals surface area contributed by atoms with E-state index in [1.807, 2.05) is 26.0 Å². The van der Waals surface area contributed by atoms with Crippen LogP contribution >= 0.6 is 0 Å². The van der Waals surface area contributed by atoms with E-state index in [2.05, 4.69) is 54.1 Å². The van der Waals surface area contributed by atoms with Crippen molar-refractivity contribution in [1.29, 1.82) is 0 Å². The smallest absolute Gasteiger partial charge is 0.222 e. The van der Waals surface area contributed by atoms with Crippen LogP contribution in [-0.4, -0.2) is 28.6 Å². The molecule has 160 valence electrons. The molecule has 30 heavy (non-hydrogen) atoms. The highest BCUT2D eigenvalue weighted by molar-refractivity contribution is 5.77. The highest BCUT2D eigenvalue weighted by Gasteiger charge is 2.11. The van der Waals surface area contributed by atoms with Crippen molar-refractivity contribution in [2.45, 2.75) is 53.5 Å². The summed E-state index contributed by atoms with van der Waals surface area (Å²) < 4.78 is 8.25. The minimum Gasteiger partial charge on any atom is -0.494 e. The lowest BCUT2D eigenvalue weighted by atomic mass is 10.1. The number of carbonyl (C=O) groups excluding carboxylic acids is 1. The Morgan fingerprint density at radius 1 is 1.10 bits per heavy atom. The van der Waals surface area contributed by atoms with E-state index in [-0.39, 0.29) is 11.8 Å². The van der Waals surface area contributed by atoms with Gasteiger partial charge in [0.05, 0.1) is 17.6 Å². The summed E-state index contributed by atoms with van der Waals surface area (Å²) >= 11 is 0. The molecule has 0 bridgehead atoms. The maximum absolute atomic E-state index is 11.7. The zero-order chi connectivity index (χ0) is 21.5. The van der Waals surface area contributed by atoms with Crippen molar-refractivity contribution in [2.24, 2.45) is 5.92 Å². The number of hydrogen-bond acceptors (Lipinski definition) is 3. The molecule has 1 heterocycles.